The zero-order valence-corrected chi connectivity index (χ0v) is 16.3. The van der Waals surface area contributed by atoms with E-state index in [1.807, 2.05) is 25.1 Å². The number of aryl methyl sites for hydroxylation is 1. The quantitative estimate of drug-likeness (QED) is 0.502. The summed E-state index contributed by atoms with van der Waals surface area (Å²) in [6, 6.07) is 5.87. The Morgan fingerprint density at radius 3 is 2.22 bits per heavy atom. The zero-order valence-electron chi connectivity index (χ0n) is 9.18. The van der Waals surface area contributed by atoms with Gasteiger partial charge in [0.15, 0.2) is 0 Å². The van der Waals surface area contributed by atoms with E-state index in [4.69, 9.17) is 0 Å². The highest BCUT2D eigenvalue weighted by Gasteiger charge is 2.19. The largest absolute Gasteiger partial charge is 0.384 e. The van der Waals surface area contributed by atoms with Crippen LogP contribution in [0, 0.1) is 6.92 Å². The molecule has 0 amide bonds. The molecule has 0 saturated carbocycles. The van der Waals surface area contributed by atoms with Gasteiger partial charge in [0.25, 0.3) is 0 Å². The van der Waals surface area contributed by atoms with Gasteiger partial charge >= 0.3 is 0 Å². The Balaban J connectivity index is 2.49. The maximum atomic E-state index is 10.5. The monoisotopic (exact) mass is 516 g/mol. The lowest BCUT2D eigenvalue weighted by Gasteiger charge is -2.14. The molecule has 1 aromatic carbocycles. The Labute approximate surface area is 143 Å². The van der Waals surface area contributed by atoms with E-state index >= 15 is 0 Å². The summed E-state index contributed by atoms with van der Waals surface area (Å²) in [6.07, 6.45) is -0.659. The van der Waals surface area contributed by atoms with E-state index in [1.54, 1.807) is 11.3 Å². The third-order valence-electron chi connectivity index (χ3n) is 2.55. The standard InChI is InChI=1S/C12H8Br4OS/c1-5-2-9(14)6(3-8(5)13)11(17)7-4-10(15)18-12(7)16/h2-4,11,17H,1H3. The van der Waals surface area contributed by atoms with E-state index in [0.29, 0.717) is 0 Å². The first kappa shape index (κ1) is 15.2. The van der Waals surface area contributed by atoms with Crippen LogP contribution in [0.4, 0.5) is 0 Å². The molecule has 0 aliphatic carbocycles. The van der Waals surface area contributed by atoms with Gasteiger partial charge in [-0.3, -0.25) is 0 Å². The van der Waals surface area contributed by atoms with E-state index in [2.05, 4.69) is 63.7 Å². The van der Waals surface area contributed by atoms with Crippen LogP contribution in [0.1, 0.15) is 22.8 Å². The van der Waals surface area contributed by atoms with Gasteiger partial charge in [0.05, 0.1) is 7.57 Å². The van der Waals surface area contributed by atoms with Crippen LogP contribution in [-0.2, 0) is 0 Å². The van der Waals surface area contributed by atoms with Gasteiger partial charge in [-0.15, -0.1) is 11.3 Å². The molecule has 0 aliphatic heterocycles. The molecule has 0 fully saturated rings. The molecule has 6 heteroatoms. The second-order valence-electron chi connectivity index (χ2n) is 3.80. The Morgan fingerprint density at radius 1 is 1.00 bits per heavy atom. The molecule has 1 aromatic heterocycles. The van der Waals surface area contributed by atoms with Crippen molar-refractivity contribution in [2.45, 2.75) is 13.0 Å². The number of aliphatic hydroxyl groups is 1. The minimum absolute atomic E-state index is 0.659. The lowest BCUT2D eigenvalue weighted by molar-refractivity contribution is 0.219. The molecule has 18 heavy (non-hydrogen) atoms. The number of rotatable bonds is 2. The molecule has 2 rings (SSSR count). The van der Waals surface area contributed by atoms with Crippen molar-refractivity contribution in [1.29, 1.82) is 0 Å². The maximum absolute atomic E-state index is 10.5. The molecule has 1 heterocycles. The highest BCUT2D eigenvalue weighted by Crippen LogP contribution is 2.40. The van der Waals surface area contributed by atoms with E-state index in [1.165, 1.54) is 0 Å². The van der Waals surface area contributed by atoms with Crippen LogP contribution in [-0.4, -0.2) is 5.11 Å². The zero-order chi connectivity index (χ0) is 13.4. The van der Waals surface area contributed by atoms with Crippen LogP contribution in [0.15, 0.2) is 34.7 Å². The molecule has 0 bridgehead atoms. The molecule has 0 spiro atoms. The number of halogens is 4. The van der Waals surface area contributed by atoms with Crippen LogP contribution < -0.4 is 0 Å². The number of hydrogen-bond acceptors (Lipinski definition) is 2. The van der Waals surface area contributed by atoms with Crippen LogP contribution in [0.25, 0.3) is 0 Å². The molecule has 1 nitrogen and oxygen atoms in total. The van der Waals surface area contributed by atoms with E-state index in [-0.39, 0.29) is 0 Å². The fourth-order valence-corrected chi connectivity index (χ4v) is 5.50. The molecule has 0 radical (unpaired) electrons. The molecule has 0 saturated heterocycles. The highest BCUT2D eigenvalue weighted by molar-refractivity contribution is 9.12. The summed E-state index contributed by atoms with van der Waals surface area (Å²) in [5.74, 6) is 0. The van der Waals surface area contributed by atoms with Crippen molar-refractivity contribution in [3.05, 3.63) is 51.4 Å². The summed E-state index contributed by atoms with van der Waals surface area (Å²) < 4.78 is 3.83. The maximum Gasteiger partial charge on any atom is 0.107 e. The first-order valence-electron chi connectivity index (χ1n) is 4.98. The van der Waals surface area contributed by atoms with E-state index < -0.39 is 6.10 Å². The summed E-state index contributed by atoms with van der Waals surface area (Å²) in [5, 5.41) is 10.5. The van der Waals surface area contributed by atoms with Gasteiger partial charge in [0.1, 0.15) is 6.10 Å². The average molecular weight is 520 g/mol. The van der Waals surface area contributed by atoms with E-state index in [0.717, 1.165) is 33.2 Å². The molecule has 1 atom stereocenters. The number of aliphatic hydroxyl groups excluding tert-OH is 1. The highest BCUT2D eigenvalue weighted by atomic mass is 79.9. The summed E-state index contributed by atoms with van der Waals surface area (Å²) in [6.45, 7) is 2.02. The first-order chi connectivity index (χ1) is 8.40. The smallest absolute Gasteiger partial charge is 0.107 e. The van der Waals surface area contributed by atoms with Crippen molar-refractivity contribution in [3.8, 4) is 0 Å². The molecule has 96 valence electrons. The van der Waals surface area contributed by atoms with Crippen molar-refractivity contribution in [1.82, 2.24) is 0 Å². The molecule has 0 aliphatic rings. The van der Waals surface area contributed by atoms with Crippen LogP contribution in [0.5, 0.6) is 0 Å². The lowest BCUT2D eigenvalue weighted by atomic mass is 10.0. The Kier molecular flexibility index (Phi) is 5.11. The molecular weight excluding hydrogens is 512 g/mol. The predicted molar refractivity (Wildman–Crippen MR) is 90.4 cm³/mol. The average Bonchev–Trinajstić information content (AvgIpc) is 2.62. The van der Waals surface area contributed by atoms with Crippen molar-refractivity contribution < 1.29 is 5.11 Å². The molecule has 1 unspecified atom stereocenters. The summed E-state index contributed by atoms with van der Waals surface area (Å²) in [5.41, 5.74) is 2.84. The summed E-state index contributed by atoms with van der Waals surface area (Å²) >= 11 is 15.5. The Hall–Kier alpha value is 0.800. The normalized spacial score (nSPS) is 12.8. The van der Waals surface area contributed by atoms with Gasteiger partial charge in [-0.1, -0.05) is 31.9 Å². The topological polar surface area (TPSA) is 20.2 Å². The number of thiophene rings is 1. The second-order valence-corrected chi connectivity index (χ2v) is 9.26. The van der Waals surface area contributed by atoms with Crippen molar-refractivity contribution in [3.63, 3.8) is 0 Å². The van der Waals surface area contributed by atoms with E-state index in [9.17, 15) is 5.11 Å². The fourth-order valence-electron chi connectivity index (χ4n) is 1.58. The van der Waals surface area contributed by atoms with Crippen LogP contribution in [0.3, 0.4) is 0 Å². The Morgan fingerprint density at radius 2 is 1.67 bits per heavy atom. The predicted octanol–water partition coefficient (Wildman–Crippen LogP) is 6.19. The van der Waals surface area contributed by atoms with Gasteiger partial charge in [-0.25, -0.2) is 0 Å². The minimum Gasteiger partial charge on any atom is -0.384 e. The van der Waals surface area contributed by atoms with Crippen LogP contribution in [0.2, 0.25) is 0 Å². The van der Waals surface area contributed by atoms with Gasteiger partial charge in [-0.05, 0) is 62.5 Å². The van der Waals surface area contributed by atoms with Gasteiger partial charge in [0.2, 0.25) is 0 Å². The molecule has 2 aromatic rings. The Bertz CT molecular complexity index is 594. The summed E-state index contributed by atoms with van der Waals surface area (Å²) in [7, 11) is 0. The summed E-state index contributed by atoms with van der Waals surface area (Å²) in [4.78, 5) is 0. The van der Waals surface area contributed by atoms with Crippen LogP contribution >= 0.6 is 75.1 Å². The minimum atomic E-state index is -0.659. The second kappa shape index (κ2) is 6.06. The lowest BCUT2D eigenvalue weighted by Crippen LogP contribution is -2.00. The molecule has 1 N–H and O–H groups in total. The third-order valence-corrected chi connectivity index (χ3v) is 6.48. The SMILES string of the molecule is Cc1cc(Br)c(C(O)c2cc(Br)sc2Br)cc1Br. The van der Waals surface area contributed by atoms with Gasteiger partial charge in [-0.2, -0.15) is 0 Å². The van der Waals surface area contributed by atoms with Gasteiger partial charge < -0.3 is 5.11 Å². The molecular formula is C12H8Br4OS. The number of hydrogen-bond donors (Lipinski definition) is 1. The van der Waals surface area contributed by atoms with Crippen molar-refractivity contribution in [2.75, 3.05) is 0 Å². The first-order valence-corrected chi connectivity index (χ1v) is 8.97. The number of benzene rings is 1. The van der Waals surface area contributed by atoms with Crippen molar-refractivity contribution in [2.24, 2.45) is 0 Å². The third kappa shape index (κ3) is 3.10. The van der Waals surface area contributed by atoms with Crippen molar-refractivity contribution >= 4 is 75.1 Å². The van der Waals surface area contributed by atoms with Gasteiger partial charge in [0, 0.05) is 20.1 Å². The fraction of sp³-hybridized carbons (Fsp3) is 0.167.